The van der Waals surface area contributed by atoms with E-state index in [4.69, 9.17) is 11.6 Å². The molecule has 3 rings (SSSR count). The molecular weight excluding hydrogens is 310 g/mol. The summed E-state index contributed by atoms with van der Waals surface area (Å²) in [5, 5.41) is 0.621. The minimum Gasteiger partial charge on any atom is -0.308 e. The van der Waals surface area contributed by atoms with E-state index >= 15 is 0 Å². The van der Waals surface area contributed by atoms with Gasteiger partial charge < -0.3 is 4.90 Å². The summed E-state index contributed by atoms with van der Waals surface area (Å²) in [4.78, 5) is 25.4. The highest BCUT2D eigenvalue weighted by molar-refractivity contribution is 6.30. The quantitative estimate of drug-likeness (QED) is 0.720. The number of Topliss-reactive ketones (excluding diaryl/α,β-unsaturated/α-hetero) is 1. The normalized spacial score (nSPS) is 14.3. The van der Waals surface area contributed by atoms with Crippen LogP contribution in [0.25, 0.3) is 12.2 Å². The fourth-order valence-electron chi connectivity index (χ4n) is 2.73. The second kappa shape index (κ2) is 6.01. The van der Waals surface area contributed by atoms with Crippen molar-refractivity contribution in [1.82, 2.24) is 0 Å². The molecule has 0 aromatic heterocycles. The van der Waals surface area contributed by atoms with Crippen LogP contribution in [-0.2, 0) is 11.3 Å². The first kappa shape index (κ1) is 15.5. The molecule has 1 amide bonds. The molecule has 0 N–H and O–H groups in total. The Morgan fingerprint density at radius 1 is 1.00 bits per heavy atom. The van der Waals surface area contributed by atoms with Crippen LogP contribution < -0.4 is 4.90 Å². The summed E-state index contributed by atoms with van der Waals surface area (Å²) < 4.78 is 0. The predicted molar refractivity (Wildman–Crippen MR) is 93.7 cm³/mol. The predicted octanol–water partition coefficient (Wildman–Crippen LogP) is 4.58. The summed E-state index contributed by atoms with van der Waals surface area (Å²) in [7, 11) is 0. The number of ketones is 1. The van der Waals surface area contributed by atoms with Crippen LogP contribution in [0.5, 0.6) is 0 Å². The number of halogens is 1. The zero-order chi connectivity index (χ0) is 16.6. The summed E-state index contributed by atoms with van der Waals surface area (Å²) in [5.74, 6) is -0.0133. The maximum atomic E-state index is 12.1. The van der Waals surface area contributed by atoms with Gasteiger partial charge in [0, 0.05) is 17.5 Å². The average Bonchev–Trinajstić information content (AvgIpc) is 2.49. The number of carbonyl (C=O) groups excluding carboxylic acids is 2. The number of nitrogens with zero attached hydrogens (tertiary/aromatic N) is 1. The molecule has 116 valence electrons. The van der Waals surface area contributed by atoms with Gasteiger partial charge in [-0.15, -0.1) is 0 Å². The van der Waals surface area contributed by atoms with Gasteiger partial charge in [0.1, 0.15) is 0 Å². The molecule has 0 radical (unpaired) electrons. The van der Waals surface area contributed by atoms with Crippen LogP contribution in [0.4, 0.5) is 5.69 Å². The van der Waals surface area contributed by atoms with E-state index in [2.05, 4.69) is 0 Å². The van der Waals surface area contributed by atoms with Gasteiger partial charge in [0.15, 0.2) is 5.78 Å². The second-order valence-electron chi connectivity index (χ2n) is 5.61. The minimum absolute atomic E-state index is 0.0233. The Morgan fingerprint density at radius 2 is 1.74 bits per heavy atom. The van der Waals surface area contributed by atoms with Gasteiger partial charge in [-0.3, -0.25) is 9.59 Å². The number of hydrogen-bond donors (Lipinski definition) is 0. The van der Waals surface area contributed by atoms with Crippen molar-refractivity contribution in [1.29, 1.82) is 0 Å². The monoisotopic (exact) mass is 325 g/mol. The van der Waals surface area contributed by atoms with Crippen molar-refractivity contribution in [2.45, 2.75) is 20.4 Å². The Balaban J connectivity index is 2.18. The van der Waals surface area contributed by atoms with E-state index in [0.717, 1.165) is 22.4 Å². The minimum atomic E-state index is -0.0366. The Bertz CT molecular complexity index is 839. The largest absolute Gasteiger partial charge is 0.308 e. The molecule has 2 aromatic rings. The molecule has 0 bridgehead atoms. The lowest BCUT2D eigenvalue weighted by Crippen LogP contribution is -2.29. The molecule has 0 saturated carbocycles. The van der Waals surface area contributed by atoms with Crippen LogP contribution in [0.15, 0.2) is 36.4 Å². The number of amides is 1. The van der Waals surface area contributed by atoms with Crippen LogP contribution in [0.1, 0.15) is 40.9 Å². The van der Waals surface area contributed by atoms with Crippen molar-refractivity contribution >= 4 is 41.1 Å². The number of carbonyl (C=O) groups is 2. The highest BCUT2D eigenvalue weighted by Crippen LogP contribution is 2.31. The van der Waals surface area contributed by atoms with Crippen LogP contribution in [0, 0.1) is 0 Å². The first-order valence-corrected chi connectivity index (χ1v) is 7.73. The summed E-state index contributed by atoms with van der Waals surface area (Å²) in [6.07, 6.45) is 3.90. The van der Waals surface area contributed by atoms with E-state index in [0.29, 0.717) is 17.1 Å². The second-order valence-corrected chi connectivity index (χ2v) is 6.05. The van der Waals surface area contributed by atoms with Crippen LogP contribution in [0.2, 0.25) is 5.02 Å². The summed E-state index contributed by atoms with van der Waals surface area (Å²) in [6.45, 7) is 3.56. The summed E-state index contributed by atoms with van der Waals surface area (Å²) in [5.41, 5.74) is 4.32. The van der Waals surface area contributed by atoms with E-state index in [-0.39, 0.29) is 11.7 Å². The van der Waals surface area contributed by atoms with Gasteiger partial charge in [-0.25, -0.2) is 0 Å². The Kier molecular flexibility index (Phi) is 4.05. The third-order valence-electron chi connectivity index (χ3n) is 3.98. The maximum Gasteiger partial charge on any atom is 0.224 e. The van der Waals surface area contributed by atoms with E-state index in [9.17, 15) is 9.59 Å². The van der Waals surface area contributed by atoms with Crippen LogP contribution >= 0.6 is 11.6 Å². The Hall–Kier alpha value is -2.39. The fraction of sp³-hybridized carbons (Fsp3) is 0.158. The van der Waals surface area contributed by atoms with Crippen molar-refractivity contribution in [2.75, 3.05) is 4.90 Å². The molecule has 23 heavy (non-hydrogen) atoms. The van der Waals surface area contributed by atoms with E-state index in [1.807, 2.05) is 36.4 Å². The van der Waals surface area contributed by atoms with Crippen molar-refractivity contribution in [3.05, 3.63) is 63.7 Å². The molecule has 4 heteroatoms. The van der Waals surface area contributed by atoms with Gasteiger partial charge in [-0.05, 0) is 47.9 Å². The lowest BCUT2D eigenvalue weighted by atomic mass is 9.98. The molecule has 0 aliphatic carbocycles. The molecule has 2 aromatic carbocycles. The van der Waals surface area contributed by atoms with Crippen LogP contribution in [-0.4, -0.2) is 11.7 Å². The standard InChI is InChI=1S/C19H16ClNO2/c1-12(22)14-3-6-17-11-21(13(2)23)19-8-7-18(20)10-16(19)5-4-15(17)9-14/h3-10H,11H2,1-2H3/b5-4-. The van der Waals surface area contributed by atoms with Crippen molar-refractivity contribution in [3.63, 3.8) is 0 Å². The Labute approximate surface area is 140 Å². The molecule has 3 nitrogen and oxygen atoms in total. The highest BCUT2D eigenvalue weighted by Gasteiger charge is 2.19. The molecule has 0 spiro atoms. The molecule has 1 heterocycles. The zero-order valence-corrected chi connectivity index (χ0v) is 13.7. The molecule has 0 saturated heterocycles. The lowest BCUT2D eigenvalue weighted by molar-refractivity contribution is -0.116. The number of benzene rings is 2. The van der Waals surface area contributed by atoms with Gasteiger partial charge >= 0.3 is 0 Å². The maximum absolute atomic E-state index is 12.1. The topological polar surface area (TPSA) is 37.4 Å². The lowest BCUT2D eigenvalue weighted by Gasteiger charge is -2.26. The third-order valence-corrected chi connectivity index (χ3v) is 4.22. The molecule has 0 atom stereocenters. The molecular formula is C19H16ClNO2. The van der Waals surface area contributed by atoms with Gasteiger partial charge in [-0.1, -0.05) is 35.9 Å². The van der Waals surface area contributed by atoms with Gasteiger partial charge in [0.2, 0.25) is 5.91 Å². The number of rotatable bonds is 1. The molecule has 0 fully saturated rings. The SMILES string of the molecule is CC(=O)c1ccc2c(c1)/C=C\c1cc(Cl)ccc1N(C(C)=O)C2. The molecule has 1 aliphatic rings. The van der Waals surface area contributed by atoms with Gasteiger partial charge in [-0.2, -0.15) is 0 Å². The van der Waals surface area contributed by atoms with E-state index < -0.39 is 0 Å². The number of fused-ring (bicyclic) bond motifs is 2. The van der Waals surface area contributed by atoms with E-state index in [1.54, 1.807) is 30.9 Å². The fourth-order valence-corrected chi connectivity index (χ4v) is 2.91. The summed E-state index contributed by atoms with van der Waals surface area (Å²) >= 11 is 6.08. The van der Waals surface area contributed by atoms with Gasteiger partial charge in [0.05, 0.1) is 12.2 Å². The number of hydrogen-bond acceptors (Lipinski definition) is 2. The number of anilines is 1. The van der Waals surface area contributed by atoms with Crippen LogP contribution in [0.3, 0.4) is 0 Å². The molecule has 1 aliphatic heterocycles. The Morgan fingerprint density at radius 3 is 2.43 bits per heavy atom. The van der Waals surface area contributed by atoms with Gasteiger partial charge in [0.25, 0.3) is 0 Å². The highest BCUT2D eigenvalue weighted by atomic mass is 35.5. The zero-order valence-electron chi connectivity index (χ0n) is 13.0. The first-order valence-electron chi connectivity index (χ1n) is 7.35. The summed E-state index contributed by atoms with van der Waals surface area (Å²) in [6, 6.07) is 11.1. The smallest absolute Gasteiger partial charge is 0.224 e. The van der Waals surface area contributed by atoms with E-state index in [1.165, 1.54) is 0 Å². The van der Waals surface area contributed by atoms with Crippen molar-refractivity contribution in [3.8, 4) is 0 Å². The average molecular weight is 326 g/mol. The third kappa shape index (κ3) is 3.06. The van der Waals surface area contributed by atoms with Crippen molar-refractivity contribution in [2.24, 2.45) is 0 Å². The first-order chi connectivity index (χ1) is 11.0. The molecule has 0 unspecified atom stereocenters. The van der Waals surface area contributed by atoms with Crippen molar-refractivity contribution < 1.29 is 9.59 Å².